The molecule has 0 atom stereocenters. The Kier molecular flexibility index (Phi) is 6.13. The summed E-state index contributed by atoms with van der Waals surface area (Å²) in [4.78, 5) is 15.9. The first kappa shape index (κ1) is 21.4. The number of hydrogen-bond donors (Lipinski definition) is 1. The van der Waals surface area contributed by atoms with Crippen molar-refractivity contribution in [3.05, 3.63) is 41.5 Å². The van der Waals surface area contributed by atoms with E-state index in [9.17, 15) is 22.4 Å². The van der Waals surface area contributed by atoms with Crippen LogP contribution in [0.5, 0.6) is 5.88 Å². The first-order valence-electron chi connectivity index (χ1n) is 8.83. The Bertz CT molecular complexity index is 1060. The highest BCUT2D eigenvalue weighted by Crippen LogP contribution is 2.25. The fraction of sp³-hybridized carbons (Fsp3) is 0.389. The van der Waals surface area contributed by atoms with Crippen LogP contribution in [0.4, 0.5) is 17.6 Å². The van der Waals surface area contributed by atoms with Crippen molar-refractivity contribution in [3.8, 4) is 5.88 Å². The molecule has 1 amide bonds. The molecule has 3 rings (SSSR count). The molecule has 0 radical (unpaired) electrons. The average Bonchev–Trinajstić information content (AvgIpc) is 3.10. The topological polar surface area (TPSA) is 94.8 Å². The highest BCUT2D eigenvalue weighted by Gasteiger charge is 2.42. The number of aromatic nitrogens is 5. The van der Waals surface area contributed by atoms with E-state index in [1.54, 1.807) is 36.1 Å². The summed E-state index contributed by atoms with van der Waals surface area (Å²) in [6, 6.07) is 3.25. The third-order valence-electron chi connectivity index (χ3n) is 4.21. The molecule has 160 valence electrons. The van der Waals surface area contributed by atoms with Crippen LogP contribution >= 0.6 is 0 Å². The van der Waals surface area contributed by atoms with Crippen LogP contribution in [0.2, 0.25) is 0 Å². The molecule has 1 N–H and O–H groups in total. The fourth-order valence-corrected chi connectivity index (χ4v) is 2.65. The van der Waals surface area contributed by atoms with Gasteiger partial charge in [0.2, 0.25) is 11.8 Å². The lowest BCUT2D eigenvalue weighted by Crippen LogP contribution is -2.34. The molecule has 0 unspecified atom stereocenters. The second-order valence-electron chi connectivity index (χ2n) is 6.54. The van der Waals surface area contributed by atoms with Crippen LogP contribution in [0.3, 0.4) is 0 Å². The number of likely N-dealkylation sites (N-methyl/N-ethyl adjacent to an activating group) is 1. The molecular weight excluding hydrogens is 408 g/mol. The molecule has 0 fully saturated rings. The molecule has 3 heterocycles. The van der Waals surface area contributed by atoms with Gasteiger partial charge in [0.1, 0.15) is 0 Å². The van der Waals surface area contributed by atoms with Crippen LogP contribution < -0.4 is 10.1 Å². The Morgan fingerprint density at radius 2 is 2.10 bits per heavy atom. The van der Waals surface area contributed by atoms with Gasteiger partial charge in [0, 0.05) is 30.4 Å². The molecule has 0 aliphatic heterocycles. The average molecular weight is 426 g/mol. The maximum Gasteiger partial charge on any atom is 0.340 e. The summed E-state index contributed by atoms with van der Waals surface area (Å²) in [5.74, 6) is -4.71. The number of carbonyl (C=O) groups excluding carboxylic acids is 1. The van der Waals surface area contributed by atoms with Gasteiger partial charge in [-0.05, 0) is 19.1 Å². The highest BCUT2D eigenvalue weighted by atomic mass is 19.3. The first-order chi connectivity index (χ1) is 14.2. The van der Waals surface area contributed by atoms with Crippen LogP contribution in [0.15, 0.2) is 24.5 Å². The maximum absolute atomic E-state index is 13.0. The standard InChI is InChI=1S/C18H18F4N6O2/c1-10-5-11(25-26-16(10)30-9-18(21,22)17(19)20)7-28-8-12-13(27-28)3-4-24-14(12)6-15(29)23-2/h3-5,8,17H,6-7,9H2,1-2H3,(H,23,29). The van der Waals surface area contributed by atoms with Crippen molar-refractivity contribution in [2.45, 2.75) is 32.2 Å². The molecule has 30 heavy (non-hydrogen) atoms. The van der Waals surface area contributed by atoms with Crippen molar-refractivity contribution >= 4 is 16.8 Å². The van der Waals surface area contributed by atoms with Crippen LogP contribution in [0.25, 0.3) is 10.9 Å². The minimum atomic E-state index is -4.28. The number of halogens is 4. The Balaban J connectivity index is 1.75. The molecule has 3 aromatic rings. The third kappa shape index (κ3) is 4.81. The van der Waals surface area contributed by atoms with E-state index in [1.807, 2.05) is 0 Å². The van der Waals surface area contributed by atoms with E-state index in [4.69, 9.17) is 4.74 Å². The number of aryl methyl sites for hydroxylation is 1. The van der Waals surface area contributed by atoms with Crippen LogP contribution in [-0.2, 0) is 17.8 Å². The Labute approximate surface area is 168 Å². The normalized spacial score (nSPS) is 11.8. The van der Waals surface area contributed by atoms with Gasteiger partial charge in [-0.3, -0.25) is 14.5 Å². The lowest BCUT2D eigenvalue weighted by molar-refractivity contribution is -0.148. The lowest BCUT2D eigenvalue weighted by Gasteiger charge is -2.16. The molecule has 0 spiro atoms. The van der Waals surface area contributed by atoms with Gasteiger partial charge in [-0.1, -0.05) is 0 Å². The number of alkyl halides is 4. The molecule has 0 aromatic carbocycles. The quantitative estimate of drug-likeness (QED) is 0.555. The van der Waals surface area contributed by atoms with Crippen molar-refractivity contribution in [1.29, 1.82) is 0 Å². The van der Waals surface area contributed by atoms with E-state index >= 15 is 0 Å². The van der Waals surface area contributed by atoms with Gasteiger partial charge < -0.3 is 10.1 Å². The SMILES string of the molecule is CNC(=O)Cc1nccc2nn(Cc3cc(C)c(OCC(F)(F)C(F)F)nn3)cc12. The minimum absolute atomic E-state index is 0.105. The molecular formula is C18H18F4N6O2. The highest BCUT2D eigenvalue weighted by molar-refractivity contribution is 5.86. The third-order valence-corrected chi connectivity index (χ3v) is 4.21. The van der Waals surface area contributed by atoms with Gasteiger partial charge in [-0.25, -0.2) is 8.78 Å². The van der Waals surface area contributed by atoms with Gasteiger partial charge in [-0.2, -0.15) is 13.9 Å². The number of ether oxygens (including phenoxy) is 1. The van der Waals surface area contributed by atoms with E-state index < -0.39 is 19.0 Å². The Hall–Kier alpha value is -3.31. The maximum atomic E-state index is 13.0. The lowest BCUT2D eigenvalue weighted by atomic mass is 10.2. The second-order valence-corrected chi connectivity index (χ2v) is 6.54. The summed E-state index contributed by atoms with van der Waals surface area (Å²) >= 11 is 0. The summed E-state index contributed by atoms with van der Waals surface area (Å²) in [6.45, 7) is 0.250. The monoisotopic (exact) mass is 426 g/mol. The van der Waals surface area contributed by atoms with Crippen LogP contribution in [0.1, 0.15) is 17.0 Å². The van der Waals surface area contributed by atoms with E-state index in [1.165, 1.54) is 7.05 Å². The number of carbonyl (C=O) groups is 1. The molecule has 0 aliphatic rings. The zero-order valence-electron chi connectivity index (χ0n) is 16.1. The molecule has 0 aliphatic carbocycles. The summed E-state index contributed by atoms with van der Waals surface area (Å²) in [7, 11) is 1.54. The predicted molar refractivity (Wildman–Crippen MR) is 97.6 cm³/mol. The van der Waals surface area contributed by atoms with E-state index in [0.29, 0.717) is 27.9 Å². The second kappa shape index (κ2) is 8.59. The Morgan fingerprint density at radius 1 is 1.33 bits per heavy atom. The number of rotatable bonds is 8. The minimum Gasteiger partial charge on any atom is -0.470 e. The number of hydrogen-bond acceptors (Lipinski definition) is 6. The van der Waals surface area contributed by atoms with Crippen LogP contribution in [0, 0.1) is 6.92 Å². The summed E-state index contributed by atoms with van der Waals surface area (Å²) < 4.78 is 56.7. The molecule has 0 saturated heterocycles. The van der Waals surface area contributed by atoms with Crippen molar-refractivity contribution in [2.75, 3.05) is 13.7 Å². The number of pyridine rings is 1. The molecule has 0 bridgehead atoms. The molecule has 3 aromatic heterocycles. The van der Waals surface area contributed by atoms with E-state index in [-0.39, 0.29) is 24.8 Å². The number of amides is 1. The number of fused-ring (bicyclic) bond motifs is 1. The summed E-state index contributed by atoms with van der Waals surface area (Å²) in [6.07, 6.45) is -0.455. The molecule has 12 heteroatoms. The summed E-state index contributed by atoms with van der Waals surface area (Å²) in [5.41, 5.74) is 2.03. The summed E-state index contributed by atoms with van der Waals surface area (Å²) in [5, 5.41) is 15.2. The Morgan fingerprint density at radius 3 is 2.77 bits per heavy atom. The predicted octanol–water partition coefficient (Wildman–Crippen LogP) is 2.15. The van der Waals surface area contributed by atoms with Gasteiger partial charge in [0.15, 0.2) is 6.61 Å². The first-order valence-corrected chi connectivity index (χ1v) is 8.83. The van der Waals surface area contributed by atoms with Gasteiger partial charge >= 0.3 is 12.3 Å². The largest absolute Gasteiger partial charge is 0.470 e. The van der Waals surface area contributed by atoms with E-state index in [2.05, 4.69) is 25.6 Å². The number of nitrogens with one attached hydrogen (secondary N) is 1. The van der Waals surface area contributed by atoms with Crippen molar-refractivity contribution in [2.24, 2.45) is 0 Å². The van der Waals surface area contributed by atoms with Crippen molar-refractivity contribution in [3.63, 3.8) is 0 Å². The van der Waals surface area contributed by atoms with E-state index in [0.717, 1.165) is 0 Å². The fourth-order valence-electron chi connectivity index (χ4n) is 2.65. The number of nitrogens with zero attached hydrogens (tertiary/aromatic N) is 5. The zero-order valence-corrected chi connectivity index (χ0v) is 16.1. The molecule has 0 saturated carbocycles. The van der Waals surface area contributed by atoms with Crippen LogP contribution in [-0.4, -0.2) is 56.9 Å². The van der Waals surface area contributed by atoms with Gasteiger partial charge in [0.05, 0.1) is 29.9 Å². The van der Waals surface area contributed by atoms with Gasteiger partial charge in [0.25, 0.3) is 0 Å². The zero-order chi connectivity index (χ0) is 21.9. The van der Waals surface area contributed by atoms with Crippen molar-refractivity contribution < 1.29 is 27.1 Å². The smallest absolute Gasteiger partial charge is 0.340 e. The van der Waals surface area contributed by atoms with Crippen molar-refractivity contribution in [1.82, 2.24) is 30.3 Å². The van der Waals surface area contributed by atoms with Gasteiger partial charge in [-0.15, -0.1) is 10.2 Å². The molecule has 8 nitrogen and oxygen atoms in total.